The van der Waals surface area contributed by atoms with E-state index in [1.165, 1.54) is 43.2 Å². The minimum absolute atomic E-state index is 0.0243. The molecular weight excluding hydrogens is 547 g/mol. The molecule has 3 rings (SSSR count). The van der Waals surface area contributed by atoms with E-state index >= 15 is 0 Å². The summed E-state index contributed by atoms with van der Waals surface area (Å²) in [6, 6.07) is 9.34. The Morgan fingerprint density at radius 2 is 0.953 bits per heavy atom. The van der Waals surface area contributed by atoms with Crippen LogP contribution in [0.15, 0.2) is 24.3 Å². The van der Waals surface area contributed by atoms with Crippen LogP contribution in [0, 0.1) is 0 Å². The molecule has 0 atom stereocenters. The molecule has 0 saturated carbocycles. The molecule has 4 heteroatoms. The molecule has 0 fully saturated rings. The summed E-state index contributed by atoms with van der Waals surface area (Å²) < 4.78 is 13.9. The van der Waals surface area contributed by atoms with Gasteiger partial charge in [0.05, 0.1) is 0 Å². The lowest BCUT2D eigenvalue weighted by molar-refractivity contribution is 0.327. The molecule has 242 valence electrons. The molecule has 1 heterocycles. The maximum absolute atomic E-state index is 12.5. The molecule has 2 aromatic carbocycles. The Bertz CT molecular complexity index is 1160. The third-order valence-electron chi connectivity index (χ3n) is 9.03. The molecule has 2 aromatic rings. The molecule has 0 amide bonds. The Labute approximate surface area is 266 Å². The van der Waals surface area contributed by atoms with E-state index < -0.39 is 7.94 Å². The lowest BCUT2D eigenvalue weighted by atomic mass is 9.74. The molecule has 3 nitrogen and oxygen atoms in total. The summed E-state index contributed by atoms with van der Waals surface area (Å²) >= 11 is 0. The SMILES string of the molecule is CCCCCCCCC[P+]1(O)Oc2c(cc(C(C)(C)C)cc2C(C)(C)C)C(C)c2cc(C(C)(C)C)cc(C(C)(C)C)c2O1. The molecule has 1 aliphatic heterocycles. The van der Waals surface area contributed by atoms with Gasteiger partial charge in [-0.15, -0.1) is 0 Å². The highest BCUT2D eigenvalue weighted by Crippen LogP contribution is 2.63. The topological polar surface area (TPSA) is 38.7 Å². The molecule has 0 aromatic heterocycles. The maximum atomic E-state index is 12.5. The molecule has 0 saturated heterocycles. The first-order valence-electron chi connectivity index (χ1n) is 17.0. The van der Waals surface area contributed by atoms with Crippen LogP contribution in [0.2, 0.25) is 0 Å². The number of unbranched alkanes of at least 4 members (excludes halogenated alkanes) is 6. The van der Waals surface area contributed by atoms with Crippen LogP contribution in [-0.4, -0.2) is 11.1 Å². The van der Waals surface area contributed by atoms with Crippen LogP contribution < -0.4 is 9.05 Å². The average molecular weight is 612 g/mol. The molecule has 0 radical (unpaired) electrons. The van der Waals surface area contributed by atoms with Crippen molar-refractivity contribution < 1.29 is 13.9 Å². The van der Waals surface area contributed by atoms with E-state index in [2.05, 4.69) is 121 Å². The second-order valence-corrected chi connectivity index (χ2v) is 19.4. The van der Waals surface area contributed by atoms with Gasteiger partial charge in [-0.2, -0.15) is 4.89 Å². The van der Waals surface area contributed by atoms with E-state index in [0.29, 0.717) is 6.16 Å². The molecule has 0 bridgehead atoms. The highest BCUT2D eigenvalue weighted by Gasteiger charge is 2.49. The first kappa shape index (κ1) is 35.9. The molecule has 1 aliphatic rings. The fraction of sp³-hybridized carbons (Fsp3) is 0.692. The summed E-state index contributed by atoms with van der Waals surface area (Å²) in [4.78, 5) is 12.5. The summed E-state index contributed by atoms with van der Waals surface area (Å²) in [5.41, 5.74) is 6.83. The molecule has 43 heavy (non-hydrogen) atoms. The van der Waals surface area contributed by atoms with Gasteiger partial charge in [0.25, 0.3) is 0 Å². The van der Waals surface area contributed by atoms with Crippen molar-refractivity contribution in [3.05, 3.63) is 57.6 Å². The van der Waals surface area contributed by atoms with Crippen molar-refractivity contribution in [2.45, 2.75) is 169 Å². The molecule has 0 unspecified atom stereocenters. The third-order valence-corrected chi connectivity index (χ3v) is 10.8. The van der Waals surface area contributed by atoms with Crippen LogP contribution in [0.5, 0.6) is 11.5 Å². The number of fused-ring (bicyclic) bond motifs is 2. The predicted molar refractivity (Wildman–Crippen MR) is 188 cm³/mol. The first-order chi connectivity index (χ1) is 19.6. The van der Waals surface area contributed by atoms with Gasteiger partial charge in [-0.25, -0.2) is 0 Å². The Morgan fingerprint density at radius 3 is 1.30 bits per heavy atom. The van der Waals surface area contributed by atoms with Crippen LogP contribution in [0.1, 0.15) is 181 Å². The summed E-state index contributed by atoms with van der Waals surface area (Å²) in [5.74, 6) is 1.69. The van der Waals surface area contributed by atoms with Crippen LogP contribution >= 0.6 is 7.94 Å². The first-order valence-corrected chi connectivity index (χ1v) is 18.7. The van der Waals surface area contributed by atoms with Gasteiger partial charge in [0.2, 0.25) is 0 Å². The Kier molecular flexibility index (Phi) is 10.9. The summed E-state index contributed by atoms with van der Waals surface area (Å²) in [6.07, 6.45) is 8.79. The molecule has 0 aliphatic carbocycles. The maximum Gasteiger partial charge on any atom is 0.495 e. The minimum atomic E-state index is -3.29. The van der Waals surface area contributed by atoms with E-state index in [1.54, 1.807) is 0 Å². The van der Waals surface area contributed by atoms with Crippen molar-refractivity contribution in [1.82, 2.24) is 0 Å². The Hall–Kier alpha value is -1.57. The van der Waals surface area contributed by atoms with Crippen molar-refractivity contribution in [1.29, 1.82) is 0 Å². The molecule has 1 N–H and O–H groups in total. The number of hydrogen-bond donors (Lipinski definition) is 1. The van der Waals surface area contributed by atoms with Gasteiger partial charge in [-0.1, -0.05) is 153 Å². The standard InChI is InChI=1S/C39H64O3P/c1-15-16-17-18-19-20-21-22-43(40)41-34-30(23-28(36(3,4)5)25-32(34)38(9,10)11)27(2)31-24-29(37(6,7)8)26-33(35(31)42-43)39(12,13)14/h23-27,40H,15-22H2,1-14H3/q+1. The lowest BCUT2D eigenvalue weighted by Crippen LogP contribution is -2.25. The van der Waals surface area contributed by atoms with Crippen LogP contribution in [-0.2, 0) is 21.7 Å². The smallest absolute Gasteiger partial charge is 0.277 e. The highest BCUT2D eigenvalue weighted by molar-refractivity contribution is 7.61. The van der Waals surface area contributed by atoms with Gasteiger partial charge < -0.3 is 0 Å². The van der Waals surface area contributed by atoms with Gasteiger partial charge in [0.1, 0.15) is 0 Å². The minimum Gasteiger partial charge on any atom is -0.277 e. The van der Waals surface area contributed by atoms with Crippen LogP contribution in [0.4, 0.5) is 0 Å². The monoisotopic (exact) mass is 611 g/mol. The van der Waals surface area contributed by atoms with E-state index in [4.69, 9.17) is 9.05 Å². The van der Waals surface area contributed by atoms with Crippen molar-refractivity contribution in [3.63, 3.8) is 0 Å². The van der Waals surface area contributed by atoms with E-state index in [9.17, 15) is 4.89 Å². The Balaban J connectivity index is 2.31. The average Bonchev–Trinajstić information content (AvgIpc) is 2.84. The van der Waals surface area contributed by atoms with E-state index in [1.807, 2.05) is 0 Å². The highest BCUT2D eigenvalue weighted by atomic mass is 31.2. The quantitative estimate of drug-likeness (QED) is 0.238. The number of benzene rings is 2. The summed E-state index contributed by atoms with van der Waals surface area (Å²) in [6.45, 7) is 31.8. The number of hydrogen-bond acceptors (Lipinski definition) is 3. The summed E-state index contributed by atoms with van der Waals surface area (Å²) in [7, 11) is -3.29. The zero-order chi connectivity index (χ0) is 32.6. The third kappa shape index (κ3) is 8.79. The second kappa shape index (κ2) is 13.0. The second-order valence-electron chi connectivity index (χ2n) is 17.3. The van der Waals surface area contributed by atoms with Crippen LogP contribution in [0.3, 0.4) is 0 Å². The van der Waals surface area contributed by atoms with Gasteiger partial charge in [-0.05, 0) is 45.6 Å². The van der Waals surface area contributed by atoms with Crippen LogP contribution in [0.25, 0.3) is 0 Å². The molecular formula is C39H64O3P+. The molecule has 0 spiro atoms. The van der Waals surface area contributed by atoms with Crippen molar-refractivity contribution in [3.8, 4) is 11.5 Å². The predicted octanol–water partition coefficient (Wildman–Crippen LogP) is 12.3. The van der Waals surface area contributed by atoms with E-state index in [0.717, 1.165) is 46.6 Å². The Morgan fingerprint density at radius 1 is 0.581 bits per heavy atom. The lowest BCUT2D eigenvalue weighted by Gasteiger charge is -2.35. The normalized spacial score (nSPS) is 19.6. The van der Waals surface area contributed by atoms with Crippen molar-refractivity contribution in [2.75, 3.05) is 6.16 Å². The fourth-order valence-electron chi connectivity index (χ4n) is 5.96. The largest absolute Gasteiger partial charge is 0.495 e. The van der Waals surface area contributed by atoms with Gasteiger partial charge in [0, 0.05) is 28.2 Å². The fourth-order valence-corrected chi connectivity index (χ4v) is 7.78. The zero-order valence-electron chi connectivity index (χ0n) is 30.3. The zero-order valence-corrected chi connectivity index (χ0v) is 31.1. The van der Waals surface area contributed by atoms with Crippen molar-refractivity contribution in [2.24, 2.45) is 0 Å². The summed E-state index contributed by atoms with van der Waals surface area (Å²) in [5, 5.41) is 0. The number of rotatable bonds is 8. The van der Waals surface area contributed by atoms with E-state index in [-0.39, 0.29) is 27.6 Å². The van der Waals surface area contributed by atoms with Crippen molar-refractivity contribution >= 4 is 7.94 Å². The van der Waals surface area contributed by atoms with Gasteiger partial charge in [0.15, 0.2) is 17.7 Å². The van der Waals surface area contributed by atoms with Gasteiger partial charge >= 0.3 is 7.94 Å². The van der Waals surface area contributed by atoms with Gasteiger partial charge in [-0.3, -0.25) is 9.05 Å².